The van der Waals surface area contributed by atoms with Crippen molar-refractivity contribution in [3.63, 3.8) is 0 Å². The molecule has 0 bridgehead atoms. The predicted molar refractivity (Wildman–Crippen MR) is 76.6 cm³/mol. The first-order valence-electron chi connectivity index (χ1n) is 6.93. The summed E-state index contributed by atoms with van der Waals surface area (Å²) < 4.78 is 40.2. The van der Waals surface area contributed by atoms with Gasteiger partial charge in [-0.3, -0.25) is 0 Å². The molecule has 1 aliphatic heterocycles. The van der Waals surface area contributed by atoms with Gasteiger partial charge in [-0.25, -0.2) is 12.8 Å². The number of hydrogen-bond acceptors (Lipinski definition) is 4. The van der Waals surface area contributed by atoms with Crippen molar-refractivity contribution < 1.29 is 12.8 Å². The van der Waals surface area contributed by atoms with E-state index in [1.165, 1.54) is 10.4 Å². The van der Waals surface area contributed by atoms with Crippen molar-refractivity contribution >= 4 is 10.0 Å². The molecule has 1 aromatic carbocycles. The summed E-state index contributed by atoms with van der Waals surface area (Å²) >= 11 is 0. The average Bonchev–Trinajstić information content (AvgIpc) is 2.49. The Labute approximate surface area is 124 Å². The maximum absolute atomic E-state index is 13.4. The Kier molecular flexibility index (Phi) is 4.93. The summed E-state index contributed by atoms with van der Waals surface area (Å²) in [6, 6.07) is 4.91. The summed E-state index contributed by atoms with van der Waals surface area (Å²) in [5.74, 6) is -0.709. The second-order valence-corrected chi connectivity index (χ2v) is 6.85. The zero-order chi connectivity index (χ0) is 15.5. The number of rotatable bonds is 4. The van der Waals surface area contributed by atoms with Crippen LogP contribution in [0.15, 0.2) is 23.1 Å². The Hall–Kier alpha value is -1.49. The summed E-state index contributed by atoms with van der Waals surface area (Å²) in [5.41, 5.74) is -0.256. The molecule has 1 saturated heterocycles. The predicted octanol–water partition coefficient (Wildman–Crippen LogP) is 1.46. The highest BCUT2D eigenvalue weighted by Gasteiger charge is 2.31. The first kappa shape index (κ1) is 15.9. The quantitative estimate of drug-likeness (QED) is 0.913. The summed E-state index contributed by atoms with van der Waals surface area (Å²) in [7, 11) is -3.72. The lowest BCUT2D eigenvalue weighted by atomic mass is 10.1. The fraction of sp³-hybridized carbons (Fsp3) is 0.500. The van der Waals surface area contributed by atoms with Gasteiger partial charge in [0, 0.05) is 19.1 Å². The summed E-state index contributed by atoms with van der Waals surface area (Å²) in [4.78, 5) is -0.0344. The van der Waals surface area contributed by atoms with Crippen LogP contribution in [0.4, 0.5) is 4.39 Å². The first-order chi connectivity index (χ1) is 10.0. The number of likely N-dealkylation sites (N-methyl/N-ethyl adjacent to an activating group) is 1. The minimum Gasteiger partial charge on any atom is -0.315 e. The number of nitrogens with zero attached hydrogens (tertiary/aromatic N) is 2. The Balaban J connectivity index is 2.37. The third kappa shape index (κ3) is 3.23. The minimum absolute atomic E-state index is 0.0344. The molecule has 1 fully saturated rings. The van der Waals surface area contributed by atoms with Crippen molar-refractivity contribution in [3.8, 4) is 6.07 Å². The van der Waals surface area contributed by atoms with E-state index in [9.17, 15) is 12.8 Å². The molecule has 5 nitrogen and oxygen atoms in total. The largest absolute Gasteiger partial charge is 0.315 e. The number of sulfonamides is 1. The van der Waals surface area contributed by atoms with E-state index in [1.807, 2.05) is 0 Å². The minimum atomic E-state index is -3.72. The van der Waals surface area contributed by atoms with Crippen LogP contribution >= 0.6 is 0 Å². The van der Waals surface area contributed by atoms with E-state index in [-0.39, 0.29) is 16.5 Å². The molecule has 2 rings (SSSR count). The first-order valence-corrected chi connectivity index (χ1v) is 8.37. The lowest BCUT2D eigenvalue weighted by Crippen LogP contribution is -2.48. The standard InChI is InChI=1S/C14H18FN3O2S/c1-2-18(12-4-3-7-17-10-12)21(19,20)13-5-6-14(15)11(8-13)9-16/h5-6,8,12,17H,2-4,7,10H2,1H3. The van der Waals surface area contributed by atoms with Crippen molar-refractivity contribution in [3.05, 3.63) is 29.6 Å². The molecule has 0 radical (unpaired) electrons. The summed E-state index contributed by atoms with van der Waals surface area (Å²) in [6.45, 7) is 3.62. The molecule has 1 atom stereocenters. The molecule has 0 spiro atoms. The molecule has 21 heavy (non-hydrogen) atoms. The number of benzene rings is 1. The Morgan fingerprint density at radius 3 is 2.86 bits per heavy atom. The van der Waals surface area contributed by atoms with Crippen molar-refractivity contribution in [1.82, 2.24) is 9.62 Å². The molecule has 1 heterocycles. The van der Waals surface area contributed by atoms with Crippen LogP contribution in [0.5, 0.6) is 0 Å². The zero-order valence-electron chi connectivity index (χ0n) is 11.8. The molecule has 0 saturated carbocycles. The number of nitriles is 1. The number of hydrogen-bond donors (Lipinski definition) is 1. The van der Waals surface area contributed by atoms with E-state index in [0.29, 0.717) is 13.1 Å². The smallest absolute Gasteiger partial charge is 0.243 e. The van der Waals surface area contributed by atoms with Gasteiger partial charge >= 0.3 is 0 Å². The average molecular weight is 311 g/mol. The van der Waals surface area contributed by atoms with Crippen LogP contribution < -0.4 is 5.32 Å². The molecular weight excluding hydrogens is 293 g/mol. The monoisotopic (exact) mass is 311 g/mol. The molecule has 1 unspecified atom stereocenters. The Morgan fingerprint density at radius 1 is 1.52 bits per heavy atom. The number of nitrogens with one attached hydrogen (secondary N) is 1. The van der Waals surface area contributed by atoms with E-state index >= 15 is 0 Å². The van der Waals surface area contributed by atoms with Crippen LogP contribution in [-0.4, -0.2) is 38.4 Å². The Morgan fingerprint density at radius 2 is 2.29 bits per heavy atom. The van der Waals surface area contributed by atoms with Gasteiger partial charge in [-0.1, -0.05) is 6.92 Å². The van der Waals surface area contributed by atoms with Crippen LogP contribution in [0, 0.1) is 17.1 Å². The van der Waals surface area contributed by atoms with E-state index in [0.717, 1.165) is 31.5 Å². The molecule has 1 aromatic rings. The summed E-state index contributed by atoms with van der Waals surface area (Å²) in [5, 5.41) is 12.0. The SMILES string of the molecule is CCN(C1CCCNC1)S(=O)(=O)c1ccc(F)c(C#N)c1. The van der Waals surface area contributed by atoms with Gasteiger partial charge in [0.05, 0.1) is 10.5 Å². The lowest BCUT2D eigenvalue weighted by molar-refractivity contribution is 0.274. The highest BCUT2D eigenvalue weighted by Crippen LogP contribution is 2.23. The van der Waals surface area contributed by atoms with Crippen molar-refractivity contribution in [2.24, 2.45) is 0 Å². The maximum atomic E-state index is 13.4. The molecule has 114 valence electrons. The lowest BCUT2D eigenvalue weighted by Gasteiger charge is -2.33. The molecule has 7 heteroatoms. The van der Waals surface area contributed by atoms with Crippen LogP contribution in [0.2, 0.25) is 0 Å². The number of halogens is 1. The molecule has 0 aromatic heterocycles. The molecule has 0 aliphatic carbocycles. The van der Waals surface area contributed by atoms with Gasteiger partial charge < -0.3 is 5.32 Å². The van der Waals surface area contributed by atoms with Gasteiger partial charge in [0.2, 0.25) is 10.0 Å². The Bertz CT molecular complexity index is 649. The molecule has 1 N–H and O–H groups in total. The van der Waals surface area contributed by atoms with Crippen molar-refractivity contribution in [2.75, 3.05) is 19.6 Å². The van der Waals surface area contributed by atoms with Crippen molar-refractivity contribution in [1.29, 1.82) is 5.26 Å². The van der Waals surface area contributed by atoms with Gasteiger partial charge in [0.1, 0.15) is 11.9 Å². The van der Waals surface area contributed by atoms with Gasteiger partial charge in [-0.2, -0.15) is 9.57 Å². The van der Waals surface area contributed by atoms with Crippen LogP contribution in [0.1, 0.15) is 25.3 Å². The number of piperidine rings is 1. The van der Waals surface area contributed by atoms with Gasteiger partial charge in [0.25, 0.3) is 0 Å². The van der Waals surface area contributed by atoms with E-state index in [1.54, 1.807) is 13.0 Å². The topological polar surface area (TPSA) is 73.2 Å². The second-order valence-electron chi connectivity index (χ2n) is 4.96. The fourth-order valence-electron chi connectivity index (χ4n) is 2.59. The summed E-state index contributed by atoms with van der Waals surface area (Å²) in [6.07, 6.45) is 1.72. The van der Waals surface area contributed by atoms with Crippen LogP contribution in [0.3, 0.4) is 0 Å². The normalized spacial score (nSPS) is 19.4. The van der Waals surface area contributed by atoms with Crippen LogP contribution in [0.25, 0.3) is 0 Å². The maximum Gasteiger partial charge on any atom is 0.243 e. The zero-order valence-corrected chi connectivity index (χ0v) is 12.7. The van der Waals surface area contributed by atoms with E-state index in [4.69, 9.17) is 5.26 Å². The highest BCUT2D eigenvalue weighted by atomic mass is 32.2. The van der Waals surface area contributed by atoms with Gasteiger partial charge in [-0.15, -0.1) is 0 Å². The second kappa shape index (κ2) is 6.52. The third-order valence-electron chi connectivity index (χ3n) is 3.65. The highest BCUT2D eigenvalue weighted by molar-refractivity contribution is 7.89. The fourth-order valence-corrected chi connectivity index (χ4v) is 4.28. The van der Waals surface area contributed by atoms with E-state index in [2.05, 4.69) is 5.32 Å². The van der Waals surface area contributed by atoms with Gasteiger partial charge in [-0.05, 0) is 37.6 Å². The molecule has 1 aliphatic rings. The van der Waals surface area contributed by atoms with Crippen LogP contribution in [-0.2, 0) is 10.0 Å². The van der Waals surface area contributed by atoms with Gasteiger partial charge in [0.15, 0.2) is 0 Å². The molecule has 0 amide bonds. The molecular formula is C14H18FN3O2S. The van der Waals surface area contributed by atoms with Crippen molar-refractivity contribution in [2.45, 2.75) is 30.7 Å². The third-order valence-corrected chi connectivity index (χ3v) is 5.68. The van der Waals surface area contributed by atoms with E-state index < -0.39 is 15.8 Å².